The van der Waals surface area contributed by atoms with Crippen molar-refractivity contribution < 1.29 is 4.39 Å². The lowest BCUT2D eigenvalue weighted by Crippen LogP contribution is -2.33. The molecular weight excluding hydrogens is 397 g/mol. The number of hydrogen-bond donors (Lipinski definition) is 0. The largest absolute Gasteiger partial charge is 0.205 e. The summed E-state index contributed by atoms with van der Waals surface area (Å²) >= 11 is 21.6. The molecule has 0 aliphatic heterocycles. The van der Waals surface area contributed by atoms with Crippen LogP contribution in [0.3, 0.4) is 0 Å². The lowest BCUT2D eigenvalue weighted by atomic mass is 9.78. The van der Waals surface area contributed by atoms with Crippen molar-refractivity contribution in [1.29, 1.82) is 0 Å². The molecule has 0 nitrogen and oxygen atoms in total. The summed E-state index contributed by atoms with van der Waals surface area (Å²) in [4.78, 5) is 0. The van der Waals surface area contributed by atoms with E-state index in [2.05, 4.69) is 15.9 Å². The number of halogens is 5. The Morgan fingerprint density at radius 1 is 1.00 bits per heavy atom. The van der Waals surface area contributed by atoms with Crippen LogP contribution < -0.4 is 0 Å². The molecule has 2 aromatic rings. The van der Waals surface area contributed by atoms with E-state index >= 15 is 0 Å². The van der Waals surface area contributed by atoms with Gasteiger partial charge in [0.1, 0.15) is 5.82 Å². The second-order valence-corrected chi connectivity index (χ2v) is 6.80. The summed E-state index contributed by atoms with van der Waals surface area (Å²) in [7, 11) is 0. The second-order valence-electron chi connectivity index (χ2n) is 4.94. The number of rotatable bonds is 5. The fourth-order valence-electron chi connectivity index (χ4n) is 2.24. The fourth-order valence-corrected chi connectivity index (χ4v) is 3.48. The van der Waals surface area contributed by atoms with Crippen molar-refractivity contribution in [2.24, 2.45) is 0 Å². The first-order chi connectivity index (χ1) is 10.0. The van der Waals surface area contributed by atoms with Gasteiger partial charge in [-0.05, 0) is 35.7 Å². The van der Waals surface area contributed by atoms with Crippen LogP contribution >= 0.6 is 50.7 Å². The highest BCUT2D eigenvalue weighted by atomic mass is 79.9. The van der Waals surface area contributed by atoms with E-state index in [9.17, 15) is 4.39 Å². The van der Waals surface area contributed by atoms with Crippen LogP contribution in [0.2, 0.25) is 5.02 Å². The molecule has 2 aromatic carbocycles. The van der Waals surface area contributed by atoms with Gasteiger partial charge in [-0.25, -0.2) is 4.39 Å². The van der Waals surface area contributed by atoms with Crippen LogP contribution in [0.1, 0.15) is 11.1 Å². The quantitative estimate of drug-likeness (QED) is 0.515. The summed E-state index contributed by atoms with van der Waals surface area (Å²) in [6, 6.07) is 12.7. The van der Waals surface area contributed by atoms with Gasteiger partial charge in [-0.3, -0.25) is 0 Å². The third kappa shape index (κ3) is 3.73. The van der Waals surface area contributed by atoms with Gasteiger partial charge in [0.05, 0.1) is 5.02 Å². The van der Waals surface area contributed by atoms with E-state index in [1.54, 1.807) is 12.1 Å². The van der Waals surface area contributed by atoms with Gasteiger partial charge in [-0.15, -0.1) is 23.2 Å². The van der Waals surface area contributed by atoms with Crippen molar-refractivity contribution in [3.8, 4) is 0 Å². The summed E-state index contributed by atoms with van der Waals surface area (Å²) < 4.78 is 15.1. The smallest absolute Gasteiger partial charge is 0.145 e. The highest BCUT2D eigenvalue weighted by Gasteiger charge is 2.32. The summed E-state index contributed by atoms with van der Waals surface area (Å²) in [6.07, 6.45) is 0.397. The molecule has 0 fully saturated rings. The number of benzene rings is 2. The van der Waals surface area contributed by atoms with E-state index in [0.717, 1.165) is 10.0 Å². The molecule has 0 N–H and O–H groups in total. The van der Waals surface area contributed by atoms with E-state index < -0.39 is 11.2 Å². The molecule has 0 heterocycles. The molecule has 0 aromatic heterocycles. The predicted octanol–water partition coefficient (Wildman–Crippen LogP) is 6.20. The SMILES string of the molecule is Fc1c(Cl)cccc1CC(CCl)(CCl)c1ccc(Br)cc1. The maximum absolute atomic E-state index is 14.2. The van der Waals surface area contributed by atoms with Gasteiger partial charge in [0.2, 0.25) is 0 Å². The van der Waals surface area contributed by atoms with Crippen LogP contribution in [0.25, 0.3) is 0 Å². The lowest BCUT2D eigenvalue weighted by Gasteiger charge is -2.30. The normalized spacial score (nSPS) is 11.7. The first kappa shape index (κ1) is 17.1. The van der Waals surface area contributed by atoms with Crippen LogP contribution in [0, 0.1) is 5.82 Å². The minimum Gasteiger partial charge on any atom is -0.205 e. The molecule has 21 heavy (non-hydrogen) atoms. The van der Waals surface area contributed by atoms with Gasteiger partial charge in [0.25, 0.3) is 0 Å². The monoisotopic (exact) mass is 408 g/mol. The Hall–Kier alpha value is -0.280. The van der Waals surface area contributed by atoms with Gasteiger partial charge in [0, 0.05) is 21.6 Å². The van der Waals surface area contributed by atoms with Crippen molar-refractivity contribution >= 4 is 50.7 Å². The molecule has 0 bridgehead atoms. The molecule has 0 saturated heterocycles. The molecule has 2 rings (SSSR count). The standard InChI is InChI=1S/C16H13BrCl3F/c17-13-6-4-12(5-7-13)16(9-18,10-19)8-11-2-1-3-14(20)15(11)21/h1-7H,8-10H2. The molecule has 0 atom stereocenters. The van der Waals surface area contributed by atoms with Crippen molar-refractivity contribution in [3.05, 3.63) is 68.9 Å². The van der Waals surface area contributed by atoms with Gasteiger partial charge >= 0.3 is 0 Å². The Bertz CT molecular complexity index is 609. The van der Waals surface area contributed by atoms with E-state index in [1.165, 1.54) is 6.07 Å². The zero-order chi connectivity index (χ0) is 15.5. The van der Waals surface area contributed by atoms with Gasteiger partial charge in [-0.2, -0.15) is 0 Å². The van der Waals surface area contributed by atoms with Crippen LogP contribution in [0.4, 0.5) is 4.39 Å². The molecule has 0 aliphatic rings. The highest BCUT2D eigenvalue weighted by molar-refractivity contribution is 9.10. The Kier molecular flexibility index (Phi) is 5.96. The minimum atomic E-state index is -0.532. The molecule has 0 aliphatic carbocycles. The van der Waals surface area contributed by atoms with Crippen molar-refractivity contribution in [2.75, 3.05) is 11.8 Å². The second kappa shape index (κ2) is 7.32. The van der Waals surface area contributed by atoms with Gasteiger partial charge in [0.15, 0.2) is 0 Å². The van der Waals surface area contributed by atoms with Gasteiger partial charge in [-0.1, -0.05) is 51.8 Å². The van der Waals surface area contributed by atoms with E-state index in [1.807, 2.05) is 24.3 Å². The number of hydrogen-bond acceptors (Lipinski definition) is 0. The van der Waals surface area contributed by atoms with E-state index in [4.69, 9.17) is 34.8 Å². The minimum absolute atomic E-state index is 0.112. The summed E-state index contributed by atoms with van der Waals surface area (Å²) in [6.45, 7) is 0. The van der Waals surface area contributed by atoms with Crippen LogP contribution in [0.15, 0.2) is 46.9 Å². The van der Waals surface area contributed by atoms with E-state index in [0.29, 0.717) is 23.7 Å². The summed E-state index contributed by atoms with van der Waals surface area (Å²) in [5.74, 6) is 0.185. The molecule has 5 heteroatoms. The Morgan fingerprint density at radius 3 is 2.19 bits per heavy atom. The maximum Gasteiger partial charge on any atom is 0.145 e. The van der Waals surface area contributed by atoms with Crippen LogP contribution in [-0.2, 0) is 11.8 Å². The average molecular weight is 411 g/mol. The molecule has 0 amide bonds. The maximum atomic E-state index is 14.2. The van der Waals surface area contributed by atoms with Crippen LogP contribution in [0.5, 0.6) is 0 Å². The molecule has 112 valence electrons. The van der Waals surface area contributed by atoms with Crippen LogP contribution in [-0.4, -0.2) is 11.8 Å². The van der Waals surface area contributed by atoms with Crippen molar-refractivity contribution in [1.82, 2.24) is 0 Å². The third-order valence-corrected chi connectivity index (χ3v) is 5.37. The topological polar surface area (TPSA) is 0 Å². The summed E-state index contributed by atoms with van der Waals surface area (Å²) in [5.41, 5.74) is 0.969. The zero-order valence-corrected chi connectivity index (χ0v) is 14.9. The number of alkyl halides is 2. The molecule has 0 unspecified atom stereocenters. The molecular formula is C16H13BrCl3F. The molecule has 0 spiro atoms. The van der Waals surface area contributed by atoms with E-state index in [-0.39, 0.29) is 5.02 Å². The molecule has 0 saturated carbocycles. The lowest BCUT2D eigenvalue weighted by molar-refractivity contribution is 0.512. The average Bonchev–Trinajstić information content (AvgIpc) is 2.50. The van der Waals surface area contributed by atoms with Crippen molar-refractivity contribution in [3.63, 3.8) is 0 Å². The Balaban J connectivity index is 2.43. The van der Waals surface area contributed by atoms with Crippen molar-refractivity contribution in [2.45, 2.75) is 11.8 Å². The first-order valence-electron chi connectivity index (χ1n) is 6.33. The molecule has 0 radical (unpaired) electrons. The van der Waals surface area contributed by atoms with Gasteiger partial charge < -0.3 is 0 Å². The predicted molar refractivity (Wildman–Crippen MR) is 92.4 cm³/mol. The zero-order valence-electron chi connectivity index (χ0n) is 11.1. The fraction of sp³-hybridized carbons (Fsp3) is 0.250. The Morgan fingerprint density at radius 2 is 1.62 bits per heavy atom. The summed E-state index contributed by atoms with van der Waals surface area (Å²) in [5, 5.41) is 0.112. The first-order valence-corrected chi connectivity index (χ1v) is 8.57. The third-order valence-electron chi connectivity index (χ3n) is 3.53. The Labute approximate surface area is 147 Å². The highest BCUT2D eigenvalue weighted by Crippen LogP contribution is 2.34.